The SMILES string of the molecule is Nc1nccc(Oc2ccc3c(C(=O)N(Cl)c4cccc5cc(Oc6ccnc(N)n6)ccc45)cccc3c2)n1. The number of ether oxygens (including phenoxy) is 2. The Bertz CT molecular complexity index is 1900. The molecule has 4 N–H and O–H groups in total. The normalized spacial score (nSPS) is 10.9. The number of nitrogens with two attached hydrogens (primary N) is 2. The van der Waals surface area contributed by atoms with Gasteiger partial charge in [0.1, 0.15) is 11.5 Å². The van der Waals surface area contributed by atoms with Crippen LogP contribution in [0.4, 0.5) is 17.6 Å². The molecular weight excluding hydrogens is 530 g/mol. The summed E-state index contributed by atoms with van der Waals surface area (Å²) < 4.78 is 12.7. The van der Waals surface area contributed by atoms with E-state index in [0.29, 0.717) is 39.9 Å². The summed E-state index contributed by atoms with van der Waals surface area (Å²) in [6, 6.07) is 24.9. The van der Waals surface area contributed by atoms with Crippen LogP contribution in [0, 0.1) is 0 Å². The maximum atomic E-state index is 13.6. The van der Waals surface area contributed by atoms with Gasteiger partial charge in [-0.3, -0.25) is 4.79 Å². The lowest BCUT2D eigenvalue weighted by Gasteiger charge is -2.18. The minimum Gasteiger partial charge on any atom is -0.439 e. The third-order valence-corrected chi connectivity index (χ3v) is 6.38. The number of carbonyl (C=O) groups excluding carboxylic acids is 1. The molecule has 0 aliphatic heterocycles. The van der Waals surface area contributed by atoms with E-state index in [9.17, 15) is 4.79 Å². The number of hydrogen-bond acceptors (Lipinski definition) is 9. The molecule has 0 saturated carbocycles. The van der Waals surface area contributed by atoms with E-state index >= 15 is 0 Å². The van der Waals surface area contributed by atoms with Crippen LogP contribution in [0.1, 0.15) is 10.4 Å². The van der Waals surface area contributed by atoms with Gasteiger partial charge in [0, 0.05) is 47.3 Å². The number of rotatable bonds is 6. The summed E-state index contributed by atoms with van der Waals surface area (Å²) in [4.78, 5) is 29.5. The number of anilines is 3. The Hall–Kier alpha value is -5.48. The lowest BCUT2D eigenvalue weighted by molar-refractivity contribution is 0.101. The maximum Gasteiger partial charge on any atom is 0.273 e. The van der Waals surface area contributed by atoms with Gasteiger partial charge in [0.15, 0.2) is 0 Å². The van der Waals surface area contributed by atoms with Crippen LogP contribution in [-0.4, -0.2) is 25.8 Å². The zero-order valence-corrected chi connectivity index (χ0v) is 21.5. The van der Waals surface area contributed by atoms with Gasteiger partial charge in [0.05, 0.1) is 5.69 Å². The highest BCUT2D eigenvalue weighted by Crippen LogP contribution is 2.34. The van der Waals surface area contributed by atoms with Crippen molar-refractivity contribution in [3.63, 3.8) is 0 Å². The van der Waals surface area contributed by atoms with E-state index in [4.69, 9.17) is 32.7 Å². The predicted molar refractivity (Wildman–Crippen MR) is 154 cm³/mol. The second-order valence-corrected chi connectivity index (χ2v) is 8.98. The molecule has 0 saturated heterocycles. The molecule has 40 heavy (non-hydrogen) atoms. The van der Waals surface area contributed by atoms with Crippen LogP contribution in [0.25, 0.3) is 21.5 Å². The number of nitrogens with zero attached hydrogens (tertiary/aromatic N) is 5. The third-order valence-electron chi connectivity index (χ3n) is 6.04. The lowest BCUT2D eigenvalue weighted by atomic mass is 10.0. The summed E-state index contributed by atoms with van der Waals surface area (Å²) in [7, 11) is 0. The summed E-state index contributed by atoms with van der Waals surface area (Å²) in [5.74, 6) is 1.57. The highest BCUT2D eigenvalue weighted by molar-refractivity contribution is 6.41. The van der Waals surface area contributed by atoms with Gasteiger partial charge in [-0.15, -0.1) is 0 Å². The van der Waals surface area contributed by atoms with Crippen LogP contribution >= 0.6 is 11.8 Å². The first kappa shape index (κ1) is 24.8. The Labute approximate surface area is 232 Å². The zero-order chi connectivity index (χ0) is 27.6. The van der Waals surface area contributed by atoms with Gasteiger partial charge in [-0.1, -0.05) is 24.3 Å². The molecular formula is C29H20ClN7O3. The lowest BCUT2D eigenvalue weighted by Crippen LogP contribution is -2.21. The van der Waals surface area contributed by atoms with Crippen molar-refractivity contribution in [2.45, 2.75) is 0 Å². The molecule has 6 rings (SSSR count). The van der Waals surface area contributed by atoms with Gasteiger partial charge in [-0.2, -0.15) is 9.97 Å². The van der Waals surface area contributed by atoms with Gasteiger partial charge in [0.2, 0.25) is 23.7 Å². The predicted octanol–water partition coefficient (Wildman–Crippen LogP) is 6.12. The molecule has 10 nitrogen and oxygen atoms in total. The van der Waals surface area contributed by atoms with E-state index < -0.39 is 0 Å². The summed E-state index contributed by atoms with van der Waals surface area (Å²) in [6.07, 6.45) is 3.03. The van der Waals surface area contributed by atoms with Crippen LogP contribution in [-0.2, 0) is 0 Å². The summed E-state index contributed by atoms with van der Waals surface area (Å²) >= 11 is 6.68. The van der Waals surface area contributed by atoms with Crippen LogP contribution in [0.5, 0.6) is 23.3 Å². The molecule has 0 atom stereocenters. The minimum absolute atomic E-state index is 0.113. The van der Waals surface area contributed by atoms with E-state index in [1.165, 1.54) is 12.4 Å². The molecule has 4 aromatic carbocycles. The Morgan fingerprint density at radius 1 is 0.700 bits per heavy atom. The number of amides is 1. The Kier molecular flexibility index (Phi) is 6.43. The first-order chi connectivity index (χ1) is 19.4. The number of halogens is 1. The number of carbonyl (C=O) groups is 1. The van der Waals surface area contributed by atoms with Gasteiger partial charge in [0.25, 0.3) is 5.91 Å². The molecule has 1 amide bonds. The van der Waals surface area contributed by atoms with Crippen molar-refractivity contribution in [2.75, 3.05) is 15.9 Å². The fourth-order valence-corrected chi connectivity index (χ4v) is 4.51. The molecule has 2 heterocycles. The van der Waals surface area contributed by atoms with Gasteiger partial charge in [-0.05, 0) is 64.7 Å². The fourth-order valence-electron chi connectivity index (χ4n) is 4.27. The molecule has 2 aromatic heterocycles. The number of aromatic nitrogens is 4. The van der Waals surface area contributed by atoms with E-state index in [0.717, 1.165) is 20.6 Å². The average molecular weight is 550 g/mol. The highest BCUT2D eigenvalue weighted by Gasteiger charge is 2.20. The van der Waals surface area contributed by atoms with Crippen LogP contribution in [0.2, 0.25) is 0 Å². The van der Waals surface area contributed by atoms with E-state index in [1.807, 2.05) is 36.4 Å². The van der Waals surface area contributed by atoms with Crippen molar-refractivity contribution in [3.8, 4) is 23.3 Å². The number of nitrogen functional groups attached to an aromatic ring is 2. The monoisotopic (exact) mass is 549 g/mol. The third kappa shape index (κ3) is 4.98. The molecule has 0 aliphatic rings. The molecule has 0 spiro atoms. The Morgan fingerprint density at radius 3 is 1.85 bits per heavy atom. The van der Waals surface area contributed by atoms with Crippen molar-refractivity contribution in [1.82, 2.24) is 19.9 Å². The molecule has 6 aromatic rings. The molecule has 0 unspecified atom stereocenters. The summed E-state index contributed by atoms with van der Waals surface area (Å²) in [5.41, 5.74) is 12.2. The average Bonchev–Trinajstić information content (AvgIpc) is 2.95. The Morgan fingerprint density at radius 2 is 1.25 bits per heavy atom. The van der Waals surface area contributed by atoms with Gasteiger partial charge >= 0.3 is 0 Å². The van der Waals surface area contributed by atoms with Crippen molar-refractivity contribution in [1.29, 1.82) is 0 Å². The second kappa shape index (κ2) is 10.4. The molecule has 0 bridgehead atoms. The fraction of sp³-hybridized carbons (Fsp3) is 0. The standard InChI is InChI=1S/C29H20ClN7O3/c30-37(24-6-2-4-18-16-20(8-10-22(18)24)40-26-12-14-34-29(32)36-26)27(38)23-5-1-3-17-15-19(7-9-21(17)23)39-25-11-13-33-28(31)35-25/h1-16H,(H2,31,33,35)(H2,32,34,36). The van der Waals surface area contributed by atoms with Gasteiger partial charge < -0.3 is 20.9 Å². The van der Waals surface area contributed by atoms with Crippen molar-refractivity contribution >= 4 is 56.8 Å². The molecule has 0 radical (unpaired) electrons. The number of fused-ring (bicyclic) bond motifs is 2. The van der Waals surface area contributed by atoms with Crippen molar-refractivity contribution in [2.24, 2.45) is 0 Å². The Balaban J connectivity index is 1.29. The largest absolute Gasteiger partial charge is 0.439 e. The smallest absolute Gasteiger partial charge is 0.273 e. The second-order valence-electron chi connectivity index (χ2n) is 8.64. The summed E-state index contributed by atoms with van der Waals surface area (Å²) in [6.45, 7) is 0. The van der Waals surface area contributed by atoms with Crippen LogP contribution in [0.3, 0.4) is 0 Å². The maximum absolute atomic E-state index is 13.6. The zero-order valence-electron chi connectivity index (χ0n) is 20.7. The van der Waals surface area contributed by atoms with E-state index in [2.05, 4.69) is 19.9 Å². The minimum atomic E-state index is -0.381. The van der Waals surface area contributed by atoms with Crippen molar-refractivity contribution < 1.29 is 14.3 Å². The molecule has 0 fully saturated rings. The van der Waals surface area contributed by atoms with Crippen molar-refractivity contribution in [3.05, 3.63) is 103 Å². The summed E-state index contributed by atoms with van der Waals surface area (Å²) in [5, 5.41) is 3.09. The highest BCUT2D eigenvalue weighted by atomic mass is 35.5. The molecule has 196 valence electrons. The quantitative estimate of drug-likeness (QED) is 0.235. The van der Waals surface area contributed by atoms with E-state index in [-0.39, 0.29) is 17.8 Å². The molecule has 0 aliphatic carbocycles. The molecule has 11 heteroatoms. The van der Waals surface area contributed by atoms with E-state index in [1.54, 1.807) is 48.5 Å². The van der Waals surface area contributed by atoms with Crippen LogP contribution in [0.15, 0.2) is 97.3 Å². The first-order valence-electron chi connectivity index (χ1n) is 12.0. The van der Waals surface area contributed by atoms with Crippen LogP contribution < -0.4 is 25.4 Å². The van der Waals surface area contributed by atoms with Gasteiger partial charge in [-0.25, -0.2) is 14.4 Å². The topological polar surface area (TPSA) is 142 Å². The number of hydrogen-bond donors (Lipinski definition) is 2. The first-order valence-corrected chi connectivity index (χ1v) is 12.4. The number of benzene rings is 4.